The van der Waals surface area contributed by atoms with E-state index in [9.17, 15) is 4.79 Å². The molecular weight excluding hydrogens is 304 g/mol. The molecule has 0 radical (unpaired) electrons. The summed E-state index contributed by atoms with van der Waals surface area (Å²) >= 11 is 0. The predicted molar refractivity (Wildman–Crippen MR) is 91.5 cm³/mol. The summed E-state index contributed by atoms with van der Waals surface area (Å²) in [4.78, 5) is 12.3. The van der Waals surface area contributed by atoms with E-state index < -0.39 is 11.0 Å². The molecule has 2 bridgehead atoms. The molecule has 4 heteroatoms. The molecule has 0 N–H and O–H groups in total. The molecule has 1 aromatic rings. The molecule has 0 amide bonds. The van der Waals surface area contributed by atoms with Crippen LogP contribution in [0.5, 0.6) is 0 Å². The number of fused-ring (bicyclic) bond motifs is 2. The molecule has 1 aromatic carbocycles. The quantitative estimate of drug-likeness (QED) is 0.742. The SMILES string of the molecule is CC[C@]12CC[C@](C(C)(C)C(=O)OC)(C[C@H]1OCc1ccccc1)O2. The molecule has 2 aliphatic rings. The van der Waals surface area contributed by atoms with Crippen LogP contribution in [0, 0.1) is 5.41 Å². The van der Waals surface area contributed by atoms with Crippen molar-refractivity contribution in [3.05, 3.63) is 35.9 Å². The van der Waals surface area contributed by atoms with Crippen LogP contribution in [0.3, 0.4) is 0 Å². The standard InChI is InChI=1S/C20H28O4/c1-5-19-11-12-20(24-19,18(2,3)17(21)22-4)13-16(19)23-14-15-9-7-6-8-10-15/h6-10,16H,5,11-14H2,1-4H3/t16-,19+,20-/m1/s1. The number of carbonyl (C=O) groups excluding carboxylic acids is 1. The second-order valence-electron chi connectivity index (χ2n) is 7.62. The summed E-state index contributed by atoms with van der Waals surface area (Å²) in [6, 6.07) is 10.2. The fraction of sp³-hybridized carbons (Fsp3) is 0.650. The first-order valence-electron chi connectivity index (χ1n) is 8.83. The Morgan fingerprint density at radius 2 is 2.00 bits per heavy atom. The zero-order valence-electron chi connectivity index (χ0n) is 15.1. The zero-order valence-corrected chi connectivity index (χ0v) is 15.1. The molecule has 0 aromatic heterocycles. The van der Waals surface area contributed by atoms with E-state index in [2.05, 4.69) is 19.1 Å². The lowest BCUT2D eigenvalue weighted by Gasteiger charge is -2.39. The van der Waals surface area contributed by atoms with Gasteiger partial charge in [-0.2, -0.15) is 0 Å². The third-order valence-electron chi connectivity index (χ3n) is 6.18. The lowest BCUT2D eigenvalue weighted by atomic mass is 9.66. The second-order valence-corrected chi connectivity index (χ2v) is 7.62. The summed E-state index contributed by atoms with van der Waals surface area (Å²) in [5.74, 6) is -0.210. The van der Waals surface area contributed by atoms with Gasteiger partial charge in [-0.05, 0) is 38.7 Å². The van der Waals surface area contributed by atoms with Crippen molar-refractivity contribution in [1.29, 1.82) is 0 Å². The molecule has 2 heterocycles. The molecule has 2 fully saturated rings. The van der Waals surface area contributed by atoms with Gasteiger partial charge in [-0.3, -0.25) is 4.79 Å². The molecule has 132 valence electrons. The van der Waals surface area contributed by atoms with Crippen molar-refractivity contribution < 1.29 is 19.0 Å². The van der Waals surface area contributed by atoms with Crippen LogP contribution in [0.1, 0.15) is 52.0 Å². The summed E-state index contributed by atoms with van der Waals surface area (Å²) in [5.41, 5.74) is -0.283. The van der Waals surface area contributed by atoms with Crippen LogP contribution in [0.4, 0.5) is 0 Å². The maximum Gasteiger partial charge on any atom is 0.314 e. The largest absolute Gasteiger partial charge is 0.469 e. The van der Waals surface area contributed by atoms with Gasteiger partial charge in [-0.1, -0.05) is 37.3 Å². The summed E-state index contributed by atoms with van der Waals surface area (Å²) in [5, 5.41) is 0. The number of esters is 1. The van der Waals surface area contributed by atoms with Crippen LogP contribution >= 0.6 is 0 Å². The van der Waals surface area contributed by atoms with Crippen molar-refractivity contribution in [1.82, 2.24) is 0 Å². The summed E-state index contributed by atoms with van der Waals surface area (Å²) in [6.07, 6.45) is 3.47. The van der Waals surface area contributed by atoms with Gasteiger partial charge in [0, 0.05) is 6.42 Å². The molecule has 0 saturated carbocycles. The monoisotopic (exact) mass is 332 g/mol. The average Bonchev–Trinajstić information content (AvgIpc) is 3.16. The first-order chi connectivity index (χ1) is 11.4. The highest BCUT2D eigenvalue weighted by Gasteiger charge is 2.68. The molecule has 0 aliphatic carbocycles. The number of methoxy groups -OCH3 is 1. The van der Waals surface area contributed by atoms with Crippen molar-refractivity contribution in [3.63, 3.8) is 0 Å². The summed E-state index contributed by atoms with van der Waals surface area (Å²) in [7, 11) is 1.45. The van der Waals surface area contributed by atoms with Gasteiger partial charge >= 0.3 is 5.97 Å². The highest BCUT2D eigenvalue weighted by atomic mass is 16.6. The van der Waals surface area contributed by atoms with E-state index >= 15 is 0 Å². The molecule has 4 nitrogen and oxygen atoms in total. The molecule has 2 aliphatic heterocycles. The van der Waals surface area contributed by atoms with Gasteiger partial charge in [0.15, 0.2) is 0 Å². The van der Waals surface area contributed by atoms with Crippen molar-refractivity contribution in [2.45, 2.75) is 70.4 Å². The van der Waals surface area contributed by atoms with E-state index in [1.54, 1.807) is 0 Å². The van der Waals surface area contributed by atoms with E-state index in [0.717, 1.165) is 31.2 Å². The molecule has 0 unspecified atom stereocenters. The number of hydrogen-bond donors (Lipinski definition) is 0. The van der Waals surface area contributed by atoms with Crippen LogP contribution in [0.25, 0.3) is 0 Å². The number of hydrogen-bond acceptors (Lipinski definition) is 4. The third-order valence-corrected chi connectivity index (χ3v) is 6.18. The Hall–Kier alpha value is -1.39. The Morgan fingerprint density at radius 1 is 1.29 bits per heavy atom. The minimum Gasteiger partial charge on any atom is -0.469 e. The average molecular weight is 332 g/mol. The molecular formula is C20H28O4. The second kappa shape index (κ2) is 6.16. The van der Waals surface area contributed by atoms with E-state index in [-0.39, 0.29) is 17.7 Å². The zero-order chi connectivity index (χ0) is 17.4. The van der Waals surface area contributed by atoms with Gasteiger partial charge < -0.3 is 14.2 Å². The minimum absolute atomic E-state index is 0.0142. The van der Waals surface area contributed by atoms with Crippen LogP contribution < -0.4 is 0 Å². The molecule has 2 saturated heterocycles. The van der Waals surface area contributed by atoms with E-state index in [0.29, 0.717) is 6.61 Å². The van der Waals surface area contributed by atoms with Crippen molar-refractivity contribution >= 4 is 5.97 Å². The lowest BCUT2D eigenvalue weighted by molar-refractivity contribution is -0.174. The van der Waals surface area contributed by atoms with Crippen molar-refractivity contribution in [2.24, 2.45) is 5.41 Å². The van der Waals surface area contributed by atoms with Crippen molar-refractivity contribution in [3.8, 4) is 0 Å². The highest BCUT2D eigenvalue weighted by Crippen LogP contribution is 2.60. The van der Waals surface area contributed by atoms with Crippen LogP contribution in [-0.2, 0) is 25.6 Å². The highest BCUT2D eigenvalue weighted by molar-refractivity contribution is 5.77. The Balaban J connectivity index is 1.79. The topological polar surface area (TPSA) is 44.8 Å². The molecule has 3 rings (SSSR count). The Bertz CT molecular complexity index is 597. The Morgan fingerprint density at radius 3 is 2.62 bits per heavy atom. The van der Waals surface area contributed by atoms with E-state index in [1.165, 1.54) is 7.11 Å². The van der Waals surface area contributed by atoms with Gasteiger partial charge in [-0.15, -0.1) is 0 Å². The smallest absolute Gasteiger partial charge is 0.314 e. The van der Waals surface area contributed by atoms with Gasteiger partial charge in [0.1, 0.15) is 0 Å². The van der Waals surface area contributed by atoms with Gasteiger partial charge in [0.25, 0.3) is 0 Å². The normalized spacial score (nSPS) is 32.1. The van der Waals surface area contributed by atoms with E-state index in [4.69, 9.17) is 14.2 Å². The maximum atomic E-state index is 12.3. The molecule has 24 heavy (non-hydrogen) atoms. The number of rotatable bonds is 6. The Labute approximate surface area is 144 Å². The number of benzene rings is 1. The third kappa shape index (κ3) is 2.56. The van der Waals surface area contributed by atoms with Crippen LogP contribution in [0.15, 0.2) is 30.3 Å². The fourth-order valence-electron chi connectivity index (χ4n) is 4.36. The minimum atomic E-state index is -0.677. The first kappa shape index (κ1) is 17.4. The first-order valence-corrected chi connectivity index (χ1v) is 8.83. The lowest BCUT2D eigenvalue weighted by Crippen LogP contribution is -2.49. The Kier molecular flexibility index (Phi) is 4.47. The summed E-state index contributed by atoms with van der Waals surface area (Å²) < 4.78 is 17.9. The number of carbonyl (C=O) groups is 1. The summed E-state index contributed by atoms with van der Waals surface area (Å²) in [6.45, 7) is 6.59. The van der Waals surface area contributed by atoms with Crippen LogP contribution in [-0.4, -0.2) is 30.4 Å². The van der Waals surface area contributed by atoms with Crippen molar-refractivity contribution in [2.75, 3.05) is 7.11 Å². The number of ether oxygens (including phenoxy) is 3. The van der Waals surface area contributed by atoms with Crippen LogP contribution in [0.2, 0.25) is 0 Å². The van der Waals surface area contributed by atoms with E-state index in [1.807, 2.05) is 32.0 Å². The van der Waals surface area contributed by atoms with Gasteiger partial charge in [-0.25, -0.2) is 0 Å². The molecule has 0 spiro atoms. The molecule has 3 atom stereocenters. The predicted octanol–water partition coefficient (Wildman–Crippen LogP) is 3.87. The maximum absolute atomic E-state index is 12.3. The van der Waals surface area contributed by atoms with Gasteiger partial charge in [0.2, 0.25) is 0 Å². The van der Waals surface area contributed by atoms with Gasteiger partial charge in [0.05, 0.1) is 36.4 Å². The fourth-order valence-corrected chi connectivity index (χ4v) is 4.36.